The molecule has 29 heavy (non-hydrogen) atoms. The zero-order valence-corrected chi connectivity index (χ0v) is 15.8. The molecule has 3 aromatic rings. The molecule has 146 valence electrons. The van der Waals surface area contributed by atoms with Gasteiger partial charge in [0.1, 0.15) is 17.2 Å². The third-order valence-corrected chi connectivity index (χ3v) is 4.79. The van der Waals surface area contributed by atoms with Crippen molar-refractivity contribution in [1.82, 2.24) is 25.2 Å². The summed E-state index contributed by atoms with van der Waals surface area (Å²) >= 11 is 5.99. The predicted molar refractivity (Wildman–Crippen MR) is 103 cm³/mol. The summed E-state index contributed by atoms with van der Waals surface area (Å²) in [4.78, 5) is 32.1. The molecule has 1 saturated heterocycles. The lowest BCUT2D eigenvalue weighted by Gasteiger charge is -2.20. The largest absolute Gasteiger partial charge is 0.497 e. The lowest BCUT2D eigenvalue weighted by atomic mass is 10.00. The van der Waals surface area contributed by atoms with Gasteiger partial charge in [-0.1, -0.05) is 23.4 Å². The molecule has 1 atom stereocenters. The van der Waals surface area contributed by atoms with Crippen molar-refractivity contribution in [3.05, 3.63) is 47.6 Å². The number of hydrogen-bond acceptors (Lipinski definition) is 6. The molecule has 2 aromatic heterocycles. The molecule has 0 unspecified atom stereocenters. The molecular formula is C19H14ClN5O4. The molecule has 3 heterocycles. The minimum absolute atomic E-state index is 0.0879. The average Bonchev–Trinajstić information content (AvgIpc) is 3.16. The molecule has 0 bridgehead atoms. The maximum atomic E-state index is 12.6. The zero-order valence-electron chi connectivity index (χ0n) is 15.1. The summed E-state index contributed by atoms with van der Waals surface area (Å²) in [5, 5.41) is 16.7. The zero-order chi connectivity index (χ0) is 20.6. The van der Waals surface area contributed by atoms with E-state index in [0.29, 0.717) is 16.7 Å². The lowest BCUT2D eigenvalue weighted by Crippen LogP contribution is -2.49. The van der Waals surface area contributed by atoms with Gasteiger partial charge in [-0.3, -0.25) is 10.1 Å². The van der Waals surface area contributed by atoms with Gasteiger partial charge in [-0.15, -0.1) is 0 Å². The number of halogens is 1. The standard InChI is InChI=1S/C19H14ClN5O4/c1-29-13-3-2-12-8-25(16(26)14(12)6-13)9-19(17(27)23-18(28)24-19)5-4-11-7-21-10-22-15(11)20/h2-3,6-8,10,26H,9H2,1H3,(H2,23,24,27,28)/t19-/m1/s1. The number of carbonyl (C=O) groups excluding carboxylic acids is 2. The molecule has 3 N–H and O–H groups in total. The topological polar surface area (TPSA) is 118 Å². The van der Waals surface area contributed by atoms with E-state index in [0.717, 1.165) is 5.39 Å². The van der Waals surface area contributed by atoms with Gasteiger partial charge in [0.2, 0.25) is 5.54 Å². The fraction of sp³-hybridized carbons (Fsp3) is 0.158. The lowest BCUT2D eigenvalue weighted by molar-refractivity contribution is -0.122. The SMILES string of the molecule is COc1ccc2cn(C[C@@]3(C#Cc4cncnc4Cl)NC(=O)NC3=O)c(O)c2c1. The molecule has 0 radical (unpaired) electrons. The van der Waals surface area contributed by atoms with E-state index in [2.05, 4.69) is 32.4 Å². The van der Waals surface area contributed by atoms with Crippen molar-refractivity contribution in [1.29, 1.82) is 0 Å². The molecule has 0 saturated carbocycles. The van der Waals surface area contributed by atoms with E-state index in [1.165, 1.54) is 24.2 Å². The number of ether oxygens (including phenoxy) is 1. The number of aromatic hydroxyl groups is 1. The Balaban J connectivity index is 1.77. The van der Waals surface area contributed by atoms with E-state index in [9.17, 15) is 14.7 Å². The van der Waals surface area contributed by atoms with Crippen LogP contribution in [-0.4, -0.2) is 44.2 Å². The number of hydrogen-bond donors (Lipinski definition) is 3. The Labute approximate surface area is 169 Å². The number of nitrogens with zero attached hydrogens (tertiary/aromatic N) is 3. The first kappa shape index (κ1) is 18.6. The Morgan fingerprint density at radius 2 is 2.21 bits per heavy atom. The van der Waals surface area contributed by atoms with E-state index in [1.807, 2.05) is 0 Å². The van der Waals surface area contributed by atoms with E-state index >= 15 is 0 Å². The summed E-state index contributed by atoms with van der Waals surface area (Å²) in [6.07, 6.45) is 4.33. The summed E-state index contributed by atoms with van der Waals surface area (Å²) in [6, 6.07) is 4.52. The Bertz CT molecular complexity index is 1210. The smallest absolute Gasteiger partial charge is 0.323 e. The second-order valence-electron chi connectivity index (χ2n) is 6.32. The first-order chi connectivity index (χ1) is 13.9. The fourth-order valence-corrected chi connectivity index (χ4v) is 3.17. The van der Waals surface area contributed by atoms with Gasteiger partial charge in [0.15, 0.2) is 5.88 Å². The van der Waals surface area contributed by atoms with Crippen molar-refractivity contribution < 1.29 is 19.4 Å². The van der Waals surface area contributed by atoms with Crippen LogP contribution in [0.2, 0.25) is 5.15 Å². The number of imide groups is 1. The minimum atomic E-state index is -1.62. The predicted octanol–water partition coefficient (Wildman–Crippen LogP) is 1.43. The van der Waals surface area contributed by atoms with Gasteiger partial charge in [0, 0.05) is 23.2 Å². The highest BCUT2D eigenvalue weighted by Gasteiger charge is 2.46. The molecule has 1 aliphatic rings. The van der Waals surface area contributed by atoms with Crippen molar-refractivity contribution in [3.8, 4) is 23.5 Å². The van der Waals surface area contributed by atoms with Gasteiger partial charge in [-0.25, -0.2) is 14.8 Å². The van der Waals surface area contributed by atoms with Crippen LogP contribution in [0.15, 0.2) is 36.9 Å². The van der Waals surface area contributed by atoms with Crippen LogP contribution in [0.1, 0.15) is 5.56 Å². The molecule has 1 aromatic carbocycles. The van der Waals surface area contributed by atoms with Crippen molar-refractivity contribution in [2.75, 3.05) is 7.11 Å². The number of amides is 3. The summed E-state index contributed by atoms with van der Waals surface area (Å²) in [7, 11) is 1.52. The molecule has 10 heteroatoms. The Kier molecular flexibility index (Phi) is 4.48. The molecule has 4 rings (SSSR count). The van der Waals surface area contributed by atoms with Gasteiger partial charge in [-0.2, -0.15) is 0 Å². The second-order valence-corrected chi connectivity index (χ2v) is 6.68. The molecular weight excluding hydrogens is 398 g/mol. The van der Waals surface area contributed by atoms with Crippen molar-refractivity contribution in [2.45, 2.75) is 12.1 Å². The third kappa shape index (κ3) is 3.30. The van der Waals surface area contributed by atoms with Gasteiger partial charge >= 0.3 is 6.03 Å². The number of methoxy groups -OCH3 is 1. The summed E-state index contributed by atoms with van der Waals surface area (Å²) < 4.78 is 6.62. The van der Waals surface area contributed by atoms with Gasteiger partial charge in [-0.05, 0) is 18.2 Å². The van der Waals surface area contributed by atoms with E-state index in [1.54, 1.807) is 24.4 Å². The van der Waals surface area contributed by atoms with Crippen molar-refractivity contribution in [3.63, 3.8) is 0 Å². The number of nitrogens with one attached hydrogen (secondary N) is 2. The number of fused-ring (bicyclic) bond motifs is 1. The third-order valence-electron chi connectivity index (χ3n) is 4.49. The van der Waals surface area contributed by atoms with Crippen LogP contribution < -0.4 is 15.4 Å². The average molecular weight is 412 g/mol. The maximum absolute atomic E-state index is 12.6. The normalized spacial score (nSPS) is 18.1. The highest BCUT2D eigenvalue weighted by molar-refractivity contribution is 6.30. The first-order valence-corrected chi connectivity index (χ1v) is 8.78. The summed E-state index contributed by atoms with van der Waals surface area (Å²) in [6.45, 7) is -0.133. The summed E-state index contributed by atoms with van der Waals surface area (Å²) in [5.74, 6) is 5.35. The van der Waals surface area contributed by atoms with Crippen LogP contribution in [0.3, 0.4) is 0 Å². The van der Waals surface area contributed by atoms with Gasteiger partial charge in [0.05, 0.1) is 19.2 Å². The highest BCUT2D eigenvalue weighted by Crippen LogP contribution is 2.32. The molecule has 9 nitrogen and oxygen atoms in total. The van der Waals surface area contributed by atoms with Crippen LogP contribution in [0.5, 0.6) is 11.6 Å². The molecule has 0 aliphatic carbocycles. The monoisotopic (exact) mass is 411 g/mol. The first-order valence-electron chi connectivity index (χ1n) is 8.40. The Morgan fingerprint density at radius 3 is 2.90 bits per heavy atom. The van der Waals surface area contributed by atoms with Gasteiger partial charge < -0.3 is 19.7 Å². The number of aromatic nitrogens is 3. The Morgan fingerprint density at radius 1 is 1.38 bits per heavy atom. The molecule has 1 aliphatic heterocycles. The van der Waals surface area contributed by atoms with Gasteiger partial charge in [0.25, 0.3) is 5.91 Å². The summed E-state index contributed by atoms with van der Waals surface area (Å²) in [5.41, 5.74) is -1.32. The van der Waals surface area contributed by atoms with Crippen LogP contribution in [0.4, 0.5) is 4.79 Å². The van der Waals surface area contributed by atoms with E-state index in [-0.39, 0.29) is 17.6 Å². The van der Waals surface area contributed by atoms with Crippen LogP contribution in [-0.2, 0) is 11.3 Å². The number of rotatable bonds is 3. The number of urea groups is 1. The van der Waals surface area contributed by atoms with E-state index in [4.69, 9.17) is 16.3 Å². The van der Waals surface area contributed by atoms with Crippen LogP contribution in [0, 0.1) is 11.8 Å². The van der Waals surface area contributed by atoms with Crippen molar-refractivity contribution in [2.24, 2.45) is 0 Å². The van der Waals surface area contributed by atoms with Crippen molar-refractivity contribution >= 4 is 34.3 Å². The van der Waals surface area contributed by atoms with Crippen LogP contribution in [0.25, 0.3) is 10.8 Å². The second kappa shape index (κ2) is 7.00. The van der Waals surface area contributed by atoms with E-state index < -0.39 is 17.5 Å². The number of benzene rings is 1. The maximum Gasteiger partial charge on any atom is 0.323 e. The minimum Gasteiger partial charge on any atom is -0.497 e. The molecule has 1 fully saturated rings. The Hall–Kier alpha value is -3.77. The molecule has 0 spiro atoms. The highest BCUT2D eigenvalue weighted by atomic mass is 35.5. The fourth-order valence-electron chi connectivity index (χ4n) is 3.03. The number of carbonyl (C=O) groups is 2. The van der Waals surface area contributed by atoms with Crippen LogP contribution >= 0.6 is 11.6 Å². The quantitative estimate of drug-likeness (QED) is 0.341. The molecule has 3 amide bonds.